The monoisotopic (exact) mass is 393 g/mol. The molecule has 2 atom stereocenters. The number of nitrogens with zero attached hydrogens (tertiary/aromatic N) is 4. The molecular weight excluding hydrogens is 362 g/mol. The second-order valence-electron chi connectivity index (χ2n) is 8.55. The first-order chi connectivity index (χ1) is 14.3. The van der Waals surface area contributed by atoms with Gasteiger partial charge in [-0.1, -0.05) is 6.07 Å². The van der Waals surface area contributed by atoms with Gasteiger partial charge in [0.2, 0.25) is 0 Å². The molecule has 0 radical (unpaired) electrons. The Morgan fingerprint density at radius 2 is 2.07 bits per heavy atom. The average molecular weight is 394 g/mol. The van der Waals surface area contributed by atoms with Crippen molar-refractivity contribution in [2.45, 2.75) is 44.3 Å². The number of rotatable bonds is 4. The van der Waals surface area contributed by atoms with Gasteiger partial charge < -0.3 is 15.0 Å². The predicted molar refractivity (Wildman–Crippen MR) is 114 cm³/mol. The van der Waals surface area contributed by atoms with Crippen LogP contribution in [0.4, 0.5) is 5.82 Å². The molecule has 2 aromatic rings. The highest BCUT2D eigenvalue weighted by atomic mass is 16.5. The van der Waals surface area contributed by atoms with Crippen LogP contribution in [0.3, 0.4) is 0 Å². The molecule has 6 nitrogen and oxygen atoms in total. The highest BCUT2D eigenvalue weighted by Gasteiger charge is 2.29. The van der Waals surface area contributed by atoms with Crippen molar-refractivity contribution in [1.82, 2.24) is 20.2 Å². The van der Waals surface area contributed by atoms with Gasteiger partial charge in [-0.15, -0.1) is 0 Å². The molecule has 0 aromatic carbocycles. The number of pyridine rings is 2. The molecule has 29 heavy (non-hydrogen) atoms. The lowest BCUT2D eigenvalue weighted by atomic mass is 9.90. The summed E-state index contributed by atoms with van der Waals surface area (Å²) < 4.78 is 5.54. The zero-order valence-electron chi connectivity index (χ0n) is 17.3. The van der Waals surface area contributed by atoms with Crippen molar-refractivity contribution in [3.05, 3.63) is 53.0 Å². The largest absolute Gasteiger partial charge is 0.378 e. The van der Waals surface area contributed by atoms with E-state index in [-0.39, 0.29) is 0 Å². The zero-order chi connectivity index (χ0) is 19.6. The van der Waals surface area contributed by atoms with E-state index in [9.17, 15) is 0 Å². The van der Waals surface area contributed by atoms with Crippen molar-refractivity contribution in [2.75, 3.05) is 44.8 Å². The van der Waals surface area contributed by atoms with Crippen LogP contribution in [-0.2, 0) is 24.1 Å². The van der Waals surface area contributed by atoms with Gasteiger partial charge in [0.1, 0.15) is 5.82 Å². The molecule has 0 unspecified atom stereocenters. The van der Waals surface area contributed by atoms with E-state index in [0.717, 1.165) is 52.2 Å². The fourth-order valence-corrected chi connectivity index (χ4v) is 5.15. The lowest BCUT2D eigenvalue weighted by Gasteiger charge is -2.37. The number of likely N-dealkylation sites (N-methyl/N-ethyl adjacent to an activating group) is 1. The van der Waals surface area contributed by atoms with Crippen LogP contribution in [0.2, 0.25) is 0 Å². The van der Waals surface area contributed by atoms with Crippen molar-refractivity contribution in [3.8, 4) is 0 Å². The van der Waals surface area contributed by atoms with E-state index in [4.69, 9.17) is 14.7 Å². The molecule has 3 aliphatic rings. The number of aromatic nitrogens is 2. The molecule has 0 bridgehead atoms. The molecule has 0 saturated carbocycles. The van der Waals surface area contributed by atoms with E-state index in [1.807, 2.05) is 12.4 Å². The SMILES string of the molecule is CN(C[C@H]1Cc2c(ccnc2N2CCOCC2)CN1)[C@H]1CCCc2cccnc21. The van der Waals surface area contributed by atoms with Gasteiger partial charge >= 0.3 is 0 Å². The normalized spacial score (nSPS) is 24.3. The van der Waals surface area contributed by atoms with Gasteiger partial charge in [-0.2, -0.15) is 0 Å². The third kappa shape index (κ3) is 3.89. The molecule has 5 rings (SSSR count). The Morgan fingerprint density at radius 3 is 2.97 bits per heavy atom. The highest BCUT2D eigenvalue weighted by molar-refractivity contribution is 5.52. The zero-order valence-corrected chi connectivity index (χ0v) is 17.3. The van der Waals surface area contributed by atoms with Crippen LogP contribution in [-0.4, -0.2) is 60.8 Å². The molecule has 4 heterocycles. The second kappa shape index (κ2) is 8.38. The highest BCUT2D eigenvalue weighted by Crippen LogP contribution is 2.33. The van der Waals surface area contributed by atoms with Crippen LogP contribution < -0.4 is 10.2 Å². The average Bonchev–Trinajstić information content (AvgIpc) is 2.79. The fraction of sp³-hybridized carbons (Fsp3) is 0.565. The Bertz CT molecular complexity index is 851. The van der Waals surface area contributed by atoms with Gasteiger partial charge in [0.15, 0.2) is 0 Å². The van der Waals surface area contributed by atoms with Crippen molar-refractivity contribution < 1.29 is 4.74 Å². The molecule has 1 aliphatic carbocycles. The van der Waals surface area contributed by atoms with Crippen LogP contribution in [0.5, 0.6) is 0 Å². The van der Waals surface area contributed by atoms with E-state index in [0.29, 0.717) is 12.1 Å². The summed E-state index contributed by atoms with van der Waals surface area (Å²) in [7, 11) is 2.26. The van der Waals surface area contributed by atoms with Crippen LogP contribution in [0.1, 0.15) is 41.3 Å². The fourth-order valence-electron chi connectivity index (χ4n) is 5.15. The van der Waals surface area contributed by atoms with Crippen LogP contribution >= 0.6 is 0 Å². The number of aryl methyl sites for hydroxylation is 1. The van der Waals surface area contributed by atoms with E-state index >= 15 is 0 Å². The van der Waals surface area contributed by atoms with Crippen molar-refractivity contribution in [2.24, 2.45) is 0 Å². The standard InChI is InChI=1S/C23H31N5O/c1-27(21-6-2-4-17-5-3-8-24-22(17)21)16-19-14-20-18(15-26-19)7-9-25-23(20)28-10-12-29-13-11-28/h3,5,7-9,19,21,26H,2,4,6,10-16H2,1H3/t19-,21+/m1/s1. The summed E-state index contributed by atoms with van der Waals surface area (Å²) in [6, 6.07) is 7.35. The topological polar surface area (TPSA) is 53.5 Å². The molecular formula is C23H31N5O. The second-order valence-corrected chi connectivity index (χ2v) is 8.55. The first-order valence-electron chi connectivity index (χ1n) is 11.0. The molecule has 6 heteroatoms. The minimum absolute atomic E-state index is 0.427. The number of hydrogen-bond acceptors (Lipinski definition) is 6. The van der Waals surface area contributed by atoms with Crippen molar-refractivity contribution in [1.29, 1.82) is 0 Å². The molecule has 0 spiro atoms. The third-order valence-electron chi connectivity index (χ3n) is 6.68. The maximum atomic E-state index is 5.54. The Kier molecular flexibility index (Phi) is 5.48. The summed E-state index contributed by atoms with van der Waals surface area (Å²) in [6.07, 6.45) is 8.55. The van der Waals surface area contributed by atoms with Gasteiger partial charge in [-0.25, -0.2) is 4.98 Å². The maximum Gasteiger partial charge on any atom is 0.132 e. The summed E-state index contributed by atoms with van der Waals surface area (Å²) in [5, 5.41) is 3.77. The summed E-state index contributed by atoms with van der Waals surface area (Å²) in [6.45, 7) is 5.41. The molecule has 1 N–H and O–H groups in total. The first kappa shape index (κ1) is 19.0. The maximum absolute atomic E-state index is 5.54. The molecule has 1 fully saturated rings. The Hall–Kier alpha value is -2.02. The number of anilines is 1. The summed E-state index contributed by atoms with van der Waals surface area (Å²) >= 11 is 0. The molecule has 2 aliphatic heterocycles. The van der Waals surface area contributed by atoms with Crippen LogP contribution in [0, 0.1) is 0 Å². The summed E-state index contributed by atoms with van der Waals surface area (Å²) in [5.41, 5.74) is 5.53. The number of morpholine rings is 1. The minimum atomic E-state index is 0.427. The van der Waals surface area contributed by atoms with Crippen molar-refractivity contribution in [3.63, 3.8) is 0 Å². The van der Waals surface area contributed by atoms with E-state index < -0.39 is 0 Å². The van der Waals surface area contributed by atoms with E-state index in [2.05, 4.69) is 40.4 Å². The smallest absolute Gasteiger partial charge is 0.132 e. The quantitative estimate of drug-likeness (QED) is 0.861. The molecule has 0 amide bonds. The Morgan fingerprint density at radius 1 is 1.17 bits per heavy atom. The molecule has 154 valence electrons. The Balaban J connectivity index is 1.31. The minimum Gasteiger partial charge on any atom is -0.378 e. The lowest BCUT2D eigenvalue weighted by molar-refractivity contribution is 0.122. The number of hydrogen-bond donors (Lipinski definition) is 1. The van der Waals surface area contributed by atoms with Gasteiger partial charge in [0.05, 0.1) is 24.9 Å². The van der Waals surface area contributed by atoms with Gasteiger partial charge in [-0.3, -0.25) is 9.88 Å². The number of ether oxygens (including phenoxy) is 1. The van der Waals surface area contributed by atoms with E-state index in [1.54, 1.807) is 0 Å². The van der Waals surface area contributed by atoms with Gasteiger partial charge in [0.25, 0.3) is 0 Å². The number of fused-ring (bicyclic) bond motifs is 2. The summed E-state index contributed by atoms with van der Waals surface area (Å²) in [5.74, 6) is 1.17. The van der Waals surface area contributed by atoms with Gasteiger partial charge in [-0.05, 0) is 56.0 Å². The lowest BCUT2D eigenvalue weighted by Crippen LogP contribution is -2.46. The Labute approximate surface area is 173 Å². The first-order valence-corrected chi connectivity index (χ1v) is 11.0. The van der Waals surface area contributed by atoms with Crippen LogP contribution in [0.25, 0.3) is 0 Å². The third-order valence-corrected chi connectivity index (χ3v) is 6.68. The van der Waals surface area contributed by atoms with E-state index in [1.165, 1.54) is 41.0 Å². The molecule has 1 saturated heterocycles. The van der Waals surface area contributed by atoms with Gasteiger partial charge in [0, 0.05) is 50.2 Å². The summed E-state index contributed by atoms with van der Waals surface area (Å²) in [4.78, 5) is 14.4. The molecule has 2 aromatic heterocycles. The van der Waals surface area contributed by atoms with Crippen LogP contribution in [0.15, 0.2) is 30.6 Å². The number of nitrogens with one attached hydrogen (secondary N) is 1. The predicted octanol–water partition coefficient (Wildman–Crippen LogP) is 2.34. The van der Waals surface area contributed by atoms with Crippen molar-refractivity contribution >= 4 is 5.82 Å².